The molecule has 2 nitrogen and oxygen atoms in total. The lowest BCUT2D eigenvalue weighted by molar-refractivity contribution is 0.569. The smallest absolute Gasteiger partial charge is 0.178 e. The fraction of sp³-hybridized carbons (Fsp3) is 0.455. The Kier molecular flexibility index (Phi) is 5.28. The molecule has 0 radical (unpaired) electrons. The van der Waals surface area contributed by atoms with Gasteiger partial charge < -0.3 is 0 Å². The molecule has 16 heavy (non-hydrogen) atoms. The summed E-state index contributed by atoms with van der Waals surface area (Å²) in [6.45, 7) is 1.99. The van der Waals surface area contributed by atoms with Crippen LogP contribution < -0.4 is 0 Å². The number of halogens is 2. The van der Waals surface area contributed by atoms with Gasteiger partial charge in [0.25, 0.3) is 0 Å². The van der Waals surface area contributed by atoms with Crippen molar-refractivity contribution in [3.63, 3.8) is 0 Å². The first-order valence-electron chi connectivity index (χ1n) is 5.04. The van der Waals surface area contributed by atoms with E-state index in [4.69, 9.17) is 11.6 Å². The molecular formula is C11H14BrClO2S. The van der Waals surface area contributed by atoms with Crippen LogP contribution in [0.1, 0.15) is 13.3 Å². The van der Waals surface area contributed by atoms with Crippen molar-refractivity contribution in [2.75, 3.05) is 11.1 Å². The molecule has 0 saturated carbocycles. The van der Waals surface area contributed by atoms with Crippen molar-refractivity contribution in [2.24, 2.45) is 5.92 Å². The highest BCUT2D eigenvalue weighted by Gasteiger charge is 2.19. The molecule has 1 aromatic carbocycles. The zero-order valence-corrected chi connectivity index (χ0v) is 12.1. The molecule has 0 amide bonds. The first-order chi connectivity index (χ1) is 7.49. The molecule has 1 unspecified atom stereocenters. The SMILES string of the molecule is CCC(CBr)CS(=O)(=O)c1ccc(Cl)cc1. The van der Waals surface area contributed by atoms with E-state index < -0.39 is 9.84 Å². The van der Waals surface area contributed by atoms with E-state index in [1.165, 1.54) is 0 Å². The Morgan fingerprint density at radius 1 is 1.31 bits per heavy atom. The Labute approximate surface area is 110 Å². The molecule has 1 rings (SSSR count). The Morgan fingerprint density at radius 2 is 1.88 bits per heavy atom. The number of rotatable bonds is 5. The van der Waals surface area contributed by atoms with Gasteiger partial charge in [-0.2, -0.15) is 0 Å². The van der Waals surface area contributed by atoms with Gasteiger partial charge in [-0.1, -0.05) is 40.9 Å². The van der Waals surface area contributed by atoms with Gasteiger partial charge in [-0.15, -0.1) is 0 Å². The Balaban J connectivity index is 2.89. The van der Waals surface area contributed by atoms with Crippen LogP contribution in [0.4, 0.5) is 0 Å². The van der Waals surface area contributed by atoms with Crippen LogP contribution in [-0.4, -0.2) is 19.5 Å². The van der Waals surface area contributed by atoms with Crippen molar-refractivity contribution < 1.29 is 8.42 Å². The first kappa shape index (κ1) is 14.0. The van der Waals surface area contributed by atoms with Gasteiger partial charge in [-0.25, -0.2) is 8.42 Å². The summed E-state index contributed by atoms with van der Waals surface area (Å²) >= 11 is 9.05. The molecule has 0 aromatic heterocycles. The minimum absolute atomic E-state index is 0.153. The van der Waals surface area contributed by atoms with E-state index in [1.807, 2.05) is 6.92 Å². The van der Waals surface area contributed by atoms with E-state index in [0.29, 0.717) is 15.2 Å². The average molecular weight is 326 g/mol. The van der Waals surface area contributed by atoms with Crippen LogP contribution in [0.2, 0.25) is 5.02 Å². The van der Waals surface area contributed by atoms with Crippen molar-refractivity contribution in [1.82, 2.24) is 0 Å². The van der Waals surface area contributed by atoms with Gasteiger partial charge in [0.1, 0.15) is 0 Å². The van der Waals surface area contributed by atoms with Crippen molar-refractivity contribution in [2.45, 2.75) is 18.2 Å². The maximum absolute atomic E-state index is 12.0. The van der Waals surface area contributed by atoms with Crippen LogP contribution in [0.3, 0.4) is 0 Å². The van der Waals surface area contributed by atoms with E-state index in [2.05, 4.69) is 15.9 Å². The second-order valence-electron chi connectivity index (χ2n) is 3.66. The van der Waals surface area contributed by atoms with E-state index in [-0.39, 0.29) is 11.7 Å². The minimum Gasteiger partial charge on any atom is -0.224 e. The van der Waals surface area contributed by atoms with E-state index in [9.17, 15) is 8.42 Å². The normalized spacial score (nSPS) is 13.7. The van der Waals surface area contributed by atoms with Crippen LogP contribution in [0, 0.1) is 5.92 Å². The number of sulfone groups is 1. The quantitative estimate of drug-likeness (QED) is 0.776. The molecular weight excluding hydrogens is 312 g/mol. The van der Waals surface area contributed by atoms with Crippen LogP contribution >= 0.6 is 27.5 Å². The lowest BCUT2D eigenvalue weighted by atomic mass is 10.2. The van der Waals surface area contributed by atoms with Gasteiger partial charge in [-0.05, 0) is 30.2 Å². The van der Waals surface area contributed by atoms with Crippen molar-refractivity contribution >= 4 is 37.4 Å². The third-order valence-electron chi connectivity index (χ3n) is 2.42. The summed E-state index contributed by atoms with van der Waals surface area (Å²) in [5.74, 6) is 0.330. The van der Waals surface area contributed by atoms with Gasteiger partial charge >= 0.3 is 0 Å². The minimum atomic E-state index is -3.19. The van der Waals surface area contributed by atoms with Crippen molar-refractivity contribution in [3.05, 3.63) is 29.3 Å². The third-order valence-corrected chi connectivity index (χ3v) is 5.49. The van der Waals surface area contributed by atoms with Gasteiger partial charge in [0, 0.05) is 10.4 Å². The highest BCUT2D eigenvalue weighted by molar-refractivity contribution is 9.09. The largest absolute Gasteiger partial charge is 0.224 e. The topological polar surface area (TPSA) is 34.1 Å². The fourth-order valence-electron chi connectivity index (χ4n) is 1.32. The molecule has 1 aromatic rings. The molecule has 0 aliphatic heterocycles. The summed E-state index contributed by atoms with van der Waals surface area (Å²) in [6.07, 6.45) is 0.845. The fourth-order valence-corrected chi connectivity index (χ4v) is 4.15. The molecule has 0 heterocycles. The average Bonchev–Trinajstić information content (AvgIpc) is 2.26. The summed E-state index contributed by atoms with van der Waals surface area (Å²) in [5.41, 5.74) is 0. The predicted octanol–water partition coefficient (Wildman–Crippen LogP) is 3.53. The second kappa shape index (κ2) is 6.03. The highest BCUT2D eigenvalue weighted by atomic mass is 79.9. The Morgan fingerprint density at radius 3 is 2.31 bits per heavy atom. The van der Waals surface area contributed by atoms with Gasteiger partial charge in [0.2, 0.25) is 0 Å². The summed E-state index contributed by atoms with van der Waals surface area (Å²) in [4.78, 5) is 0.344. The molecule has 0 saturated heterocycles. The van der Waals surface area contributed by atoms with E-state index in [0.717, 1.165) is 6.42 Å². The lowest BCUT2D eigenvalue weighted by Crippen LogP contribution is -2.16. The monoisotopic (exact) mass is 324 g/mol. The third kappa shape index (κ3) is 3.75. The lowest BCUT2D eigenvalue weighted by Gasteiger charge is -2.11. The molecule has 90 valence electrons. The summed E-state index contributed by atoms with van der Waals surface area (Å²) in [5, 5.41) is 1.25. The first-order valence-corrected chi connectivity index (χ1v) is 8.19. The maximum Gasteiger partial charge on any atom is 0.178 e. The summed E-state index contributed by atoms with van der Waals surface area (Å²) in [6, 6.07) is 6.31. The van der Waals surface area contributed by atoms with Crippen LogP contribution in [-0.2, 0) is 9.84 Å². The van der Waals surface area contributed by atoms with Crippen LogP contribution in [0.25, 0.3) is 0 Å². The standard InChI is InChI=1S/C11H14BrClO2S/c1-2-9(7-12)8-16(14,15)11-5-3-10(13)4-6-11/h3-6,9H,2,7-8H2,1H3. The molecule has 0 aliphatic rings. The van der Waals surface area contributed by atoms with E-state index >= 15 is 0 Å². The zero-order valence-electron chi connectivity index (χ0n) is 8.99. The molecule has 5 heteroatoms. The number of hydrogen-bond donors (Lipinski definition) is 0. The Bertz CT molecular complexity index is 424. The molecule has 0 bridgehead atoms. The van der Waals surface area contributed by atoms with Crippen LogP contribution in [0.15, 0.2) is 29.2 Å². The highest BCUT2D eigenvalue weighted by Crippen LogP contribution is 2.19. The van der Waals surface area contributed by atoms with Crippen LogP contribution in [0.5, 0.6) is 0 Å². The summed E-state index contributed by atoms with van der Waals surface area (Å²) < 4.78 is 24.0. The van der Waals surface area contributed by atoms with Crippen molar-refractivity contribution in [1.29, 1.82) is 0 Å². The predicted molar refractivity (Wildman–Crippen MR) is 71.1 cm³/mol. The van der Waals surface area contributed by atoms with Gasteiger partial charge in [0.05, 0.1) is 10.6 Å². The maximum atomic E-state index is 12.0. The van der Waals surface area contributed by atoms with Crippen molar-refractivity contribution in [3.8, 4) is 0 Å². The number of benzene rings is 1. The Hall–Kier alpha value is -0.0600. The second-order valence-corrected chi connectivity index (χ2v) is 6.78. The molecule has 0 aliphatic carbocycles. The molecule has 0 spiro atoms. The van der Waals surface area contributed by atoms with Gasteiger partial charge in [0.15, 0.2) is 9.84 Å². The molecule has 0 fully saturated rings. The van der Waals surface area contributed by atoms with E-state index in [1.54, 1.807) is 24.3 Å². The molecule has 0 N–H and O–H groups in total. The summed E-state index contributed by atoms with van der Waals surface area (Å²) in [7, 11) is -3.19. The molecule has 1 atom stereocenters. The number of hydrogen-bond acceptors (Lipinski definition) is 2. The van der Waals surface area contributed by atoms with Gasteiger partial charge in [-0.3, -0.25) is 0 Å². The zero-order chi connectivity index (χ0) is 12.2. The number of alkyl halides is 1.